The number of hydrogen-bond donors (Lipinski definition) is 0. The zero-order chi connectivity index (χ0) is 15.0. The standard InChI is InChI=1S/C15H10F3NOS/c1-9-19-13-8-11(4-7-14(13)21-9)10-2-5-12(6-3-10)20-15(16,17)18/h2-8H,1H3. The van der Waals surface area contributed by atoms with Crippen LogP contribution in [0.5, 0.6) is 5.75 Å². The minimum Gasteiger partial charge on any atom is -0.406 e. The van der Waals surface area contributed by atoms with E-state index in [2.05, 4.69) is 9.72 Å². The van der Waals surface area contributed by atoms with Crippen molar-refractivity contribution < 1.29 is 17.9 Å². The molecule has 1 heterocycles. The number of ether oxygens (including phenoxy) is 1. The van der Waals surface area contributed by atoms with Crippen LogP contribution in [0.2, 0.25) is 0 Å². The molecule has 0 saturated carbocycles. The monoisotopic (exact) mass is 309 g/mol. The Hall–Kier alpha value is -2.08. The highest BCUT2D eigenvalue weighted by Gasteiger charge is 2.30. The summed E-state index contributed by atoms with van der Waals surface area (Å²) in [7, 11) is 0. The second-order valence-corrected chi connectivity index (χ2v) is 5.72. The molecule has 3 rings (SSSR count). The SMILES string of the molecule is Cc1nc2cc(-c3ccc(OC(F)(F)F)cc3)ccc2s1. The van der Waals surface area contributed by atoms with Crippen LogP contribution in [0.1, 0.15) is 5.01 Å². The van der Waals surface area contributed by atoms with Gasteiger partial charge in [0.15, 0.2) is 0 Å². The van der Waals surface area contributed by atoms with Gasteiger partial charge >= 0.3 is 6.36 Å². The molecule has 0 radical (unpaired) electrons. The summed E-state index contributed by atoms with van der Waals surface area (Å²) in [6, 6.07) is 11.6. The third-order valence-electron chi connectivity index (χ3n) is 2.92. The molecule has 3 aromatic rings. The normalized spacial score (nSPS) is 11.8. The third-order valence-corrected chi connectivity index (χ3v) is 3.87. The summed E-state index contributed by atoms with van der Waals surface area (Å²) in [5.74, 6) is -0.225. The fraction of sp³-hybridized carbons (Fsp3) is 0.133. The number of thiazole rings is 1. The molecule has 108 valence electrons. The molecule has 0 bridgehead atoms. The van der Waals surface area contributed by atoms with Crippen molar-refractivity contribution in [2.75, 3.05) is 0 Å². The van der Waals surface area contributed by atoms with Crippen LogP contribution in [-0.2, 0) is 0 Å². The molecule has 0 unspecified atom stereocenters. The zero-order valence-electron chi connectivity index (χ0n) is 10.9. The number of aryl methyl sites for hydroxylation is 1. The van der Waals surface area contributed by atoms with E-state index < -0.39 is 6.36 Å². The van der Waals surface area contributed by atoms with Crippen LogP contribution in [0.25, 0.3) is 21.3 Å². The Morgan fingerprint density at radius 1 is 1.00 bits per heavy atom. The predicted molar refractivity (Wildman–Crippen MR) is 76.5 cm³/mol. The van der Waals surface area contributed by atoms with E-state index in [-0.39, 0.29) is 5.75 Å². The van der Waals surface area contributed by atoms with E-state index in [4.69, 9.17) is 0 Å². The van der Waals surface area contributed by atoms with Crippen molar-refractivity contribution in [3.63, 3.8) is 0 Å². The summed E-state index contributed by atoms with van der Waals surface area (Å²) >= 11 is 1.61. The Kier molecular flexibility index (Phi) is 3.33. The van der Waals surface area contributed by atoms with Gasteiger partial charge in [-0.25, -0.2) is 4.98 Å². The lowest BCUT2D eigenvalue weighted by Crippen LogP contribution is -2.16. The van der Waals surface area contributed by atoms with Crippen LogP contribution in [0.3, 0.4) is 0 Å². The molecule has 0 atom stereocenters. The van der Waals surface area contributed by atoms with Crippen LogP contribution < -0.4 is 4.74 Å². The lowest BCUT2D eigenvalue weighted by Gasteiger charge is -2.09. The molecule has 1 aromatic heterocycles. The van der Waals surface area contributed by atoms with E-state index in [0.717, 1.165) is 26.4 Å². The van der Waals surface area contributed by atoms with Crippen LogP contribution in [0, 0.1) is 6.92 Å². The van der Waals surface area contributed by atoms with Crippen molar-refractivity contribution in [2.45, 2.75) is 13.3 Å². The molecule has 0 aliphatic carbocycles. The van der Waals surface area contributed by atoms with Crippen molar-refractivity contribution in [3.05, 3.63) is 47.5 Å². The van der Waals surface area contributed by atoms with Gasteiger partial charge in [-0.2, -0.15) is 0 Å². The second kappa shape index (κ2) is 5.04. The Morgan fingerprint density at radius 2 is 1.67 bits per heavy atom. The van der Waals surface area contributed by atoms with Gasteiger partial charge in [-0.05, 0) is 42.3 Å². The van der Waals surface area contributed by atoms with Crippen LogP contribution in [0.15, 0.2) is 42.5 Å². The lowest BCUT2D eigenvalue weighted by atomic mass is 10.1. The van der Waals surface area contributed by atoms with E-state index >= 15 is 0 Å². The van der Waals surface area contributed by atoms with E-state index in [1.165, 1.54) is 12.1 Å². The highest BCUT2D eigenvalue weighted by molar-refractivity contribution is 7.18. The number of benzene rings is 2. The maximum absolute atomic E-state index is 12.1. The number of aromatic nitrogens is 1. The topological polar surface area (TPSA) is 22.1 Å². The lowest BCUT2D eigenvalue weighted by molar-refractivity contribution is -0.274. The van der Waals surface area contributed by atoms with Gasteiger partial charge in [0.2, 0.25) is 0 Å². The maximum atomic E-state index is 12.1. The molecule has 0 aliphatic rings. The van der Waals surface area contributed by atoms with Gasteiger partial charge < -0.3 is 4.74 Å². The smallest absolute Gasteiger partial charge is 0.406 e. The first kappa shape index (κ1) is 13.9. The van der Waals surface area contributed by atoms with Crippen LogP contribution in [0.4, 0.5) is 13.2 Å². The van der Waals surface area contributed by atoms with Crippen LogP contribution in [-0.4, -0.2) is 11.3 Å². The molecule has 6 heteroatoms. The largest absolute Gasteiger partial charge is 0.573 e. The summed E-state index contributed by atoms with van der Waals surface area (Å²) in [5, 5.41) is 0.982. The summed E-state index contributed by atoms with van der Waals surface area (Å²) in [6.45, 7) is 1.94. The number of rotatable bonds is 2. The average molecular weight is 309 g/mol. The van der Waals surface area contributed by atoms with Crippen molar-refractivity contribution in [2.24, 2.45) is 0 Å². The zero-order valence-corrected chi connectivity index (χ0v) is 11.8. The molecule has 0 saturated heterocycles. The molecule has 0 fully saturated rings. The van der Waals surface area contributed by atoms with Gasteiger partial charge in [-0.15, -0.1) is 24.5 Å². The Bertz CT molecular complexity index is 778. The average Bonchev–Trinajstić information content (AvgIpc) is 2.76. The van der Waals surface area contributed by atoms with Crippen molar-refractivity contribution in [1.82, 2.24) is 4.98 Å². The molecule has 0 spiro atoms. The van der Waals surface area contributed by atoms with Gasteiger partial charge in [-0.1, -0.05) is 18.2 Å². The molecular weight excluding hydrogens is 299 g/mol. The summed E-state index contributed by atoms with van der Waals surface area (Å²) < 4.78 is 41.3. The van der Waals surface area contributed by atoms with E-state index in [1.807, 2.05) is 25.1 Å². The molecule has 2 nitrogen and oxygen atoms in total. The van der Waals surface area contributed by atoms with Gasteiger partial charge in [0, 0.05) is 0 Å². The quantitative estimate of drug-likeness (QED) is 0.651. The second-order valence-electron chi connectivity index (χ2n) is 4.49. The van der Waals surface area contributed by atoms with Crippen molar-refractivity contribution in [1.29, 1.82) is 0 Å². The summed E-state index contributed by atoms with van der Waals surface area (Å²) in [4.78, 5) is 4.41. The van der Waals surface area contributed by atoms with E-state index in [1.54, 1.807) is 23.5 Å². The highest BCUT2D eigenvalue weighted by atomic mass is 32.1. The minimum absolute atomic E-state index is 0.225. The number of fused-ring (bicyclic) bond motifs is 1. The minimum atomic E-state index is -4.67. The first-order valence-corrected chi connectivity index (χ1v) is 6.96. The molecule has 2 aromatic carbocycles. The van der Waals surface area contributed by atoms with E-state index in [9.17, 15) is 13.2 Å². The van der Waals surface area contributed by atoms with Gasteiger partial charge in [0.25, 0.3) is 0 Å². The van der Waals surface area contributed by atoms with Gasteiger partial charge in [0.05, 0.1) is 15.2 Å². The van der Waals surface area contributed by atoms with Crippen molar-refractivity contribution in [3.8, 4) is 16.9 Å². The molecular formula is C15H10F3NOS. The number of alkyl halides is 3. The number of nitrogens with zero attached hydrogens (tertiary/aromatic N) is 1. The molecule has 0 N–H and O–H groups in total. The molecule has 0 aliphatic heterocycles. The molecule has 21 heavy (non-hydrogen) atoms. The number of halogens is 3. The van der Waals surface area contributed by atoms with Gasteiger partial charge in [0.1, 0.15) is 5.75 Å². The Balaban J connectivity index is 1.91. The fourth-order valence-electron chi connectivity index (χ4n) is 2.07. The highest BCUT2D eigenvalue weighted by Crippen LogP contribution is 2.29. The molecule has 0 amide bonds. The summed E-state index contributed by atoms with van der Waals surface area (Å²) in [6.07, 6.45) is -4.67. The first-order valence-electron chi connectivity index (χ1n) is 6.14. The van der Waals surface area contributed by atoms with Crippen molar-refractivity contribution >= 4 is 21.6 Å². The third kappa shape index (κ3) is 3.16. The fourth-order valence-corrected chi connectivity index (χ4v) is 2.88. The predicted octanol–water partition coefficient (Wildman–Crippen LogP) is 5.17. The van der Waals surface area contributed by atoms with E-state index in [0.29, 0.717) is 0 Å². The Morgan fingerprint density at radius 3 is 2.33 bits per heavy atom. The van der Waals surface area contributed by atoms with Gasteiger partial charge in [-0.3, -0.25) is 0 Å². The Labute approximate surface area is 122 Å². The van der Waals surface area contributed by atoms with Crippen LogP contribution >= 0.6 is 11.3 Å². The number of hydrogen-bond acceptors (Lipinski definition) is 3. The maximum Gasteiger partial charge on any atom is 0.573 e. The first-order chi connectivity index (χ1) is 9.90. The summed E-state index contributed by atoms with van der Waals surface area (Å²) in [5.41, 5.74) is 2.62.